The van der Waals surface area contributed by atoms with Gasteiger partial charge in [0.1, 0.15) is 5.75 Å². The lowest BCUT2D eigenvalue weighted by molar-refractivity contribution is 0.0948. The van der Waals surface area contributed by atoms with Crippen molar-refractivity contribution in [1.29, 1.82) is 0 Å². The minimum atomic E-state index is -0.292. The second-order valence-electron chi connectivity index (χ2n) is 7.83. The summed E-state index contributed by atoms with van der Waals surface area (Å²) in [5.41, 5.74) is 9.13. The monoisotopic (exact) mass is 417 g/mol. The van der Waals surface area contributed by atoms with Crippen LogP contribution in [0.2, 0.25) is 5.02 Å². The summed E-state index contributed by atoms with van der Waals surface area (Å²) in [6.45, 7) is 5.64. The van der Waals surface area contributed by atoms with Crippen molar-refractivity contribution < 1.29 is 9.53 Å². The Kier molecular flexibility index (Phi) is 6.65. The molecule has 156 valence electrons. The number of aromatic amines is 1. The number of nitrogens with one attached hydrogen (secondary N) is 2. The number of rotatable bonds is 5. The van der Waals surface area contributed by atoms with E-state index < -0.39 is 0 Å². The van der Waals surface area contributed by atoms with E-state index in [1.54, 1.807) is 12.1 Å². The zero-order valence-corrected chi connectivity index (χ0v) is 17.9. The van der Waals surface area contributed by atoms with E-state index >= 15 is 0 Å². The Morgan fingerprint density at radius 2 is 1.90 bits per heavy atom. The van der Waals surface area contributed by atoms with Crippen molar-refractivity contribution in [3.05, 3.63) is 61.5 Å². The van der Waals surface area contributed by atoms with Gasteiger partial charge in [0.25, 0.3) is 5.91 Å². The SMILES string of the molecule is Cc1cc(=O)c(CNC(=O)c2cc(Cl)cc(O[C@H]3CC[C@H](N)CC3)c2C)c(C)[nH]1. The van der Waals surface area contributed by atoms with Crippen LogP contribution >= 0.6 is 11.6 Å². The molecule has 29 heavy (non-hydrogen) atoms. The van der Waals surface area contributed by atoms with Gasteiger partial charge in [-0.2, -0.15) is 0 Å². The molecule has 1 aromatic carbocycles. The summed E-state index contributed by atoms with van der Waals surface area (Å²) < 4.78 is 6.15. The third kappa shape index (κ3) is 5.19. The molecule has 1 aliphatic carbocycles. The summed E-state index contributed by atoms with van der Waals surface area (Å²) in [6.07, 6.45) is 3.73. The second kappa shape index (κ2) is 9.01. The highest BCUT2D eigenvalue weighted by molar-refractivity contribution is 6.31. The molecule has 7 heteroatoms. The van der Waals surface area contributed by atoms with E-state index in [4.69, 9.17) is 22.1 Å². The molecule has 1 saturated carbocycles. The van der Waals surface area contributed by atoms with Crippen LogP contribution in [0.3, 0.4) is 0 Å². The molecule has 6 nitrogen and oxygen atoms in total. The molecule has 0 radical (unpaired) electrons. The number of aryl methyl sites for hydroxylation is 2. The number of ether oxygens (including phenoxy) is 1. The molecule has 1 aromatic heterocycles. The van der Waals surface area contributed by atoms with Crippen molar-refractivity contribution in [2.75, 3.05) is 0 Å². The first-order valence-corrected chi connectivity index (χ1v) is 10.3. The summed E-state index contributed by atoms with van der Waals surface area (Å²) in [4.78, 5) is 28.1. The number of pyridine rings is 1. The predicted octanol–water partition coefficient (Wildman–Crippen LogP) is 3.53. The van der Waals surface area contributed by atoms with Crippen LogP contribution in [-0.2, 0) is 6.54 Å². The van der Waals surface area contributed by atoms with Crippen LogP contribution in [0.5, 0.6) is 5.75 Å². The molecule has 0 bridgehead atoms. The lowest BCUT2D eigenvalue weighted by Gasteiger charge is -2.27. The lowest BCUT2D eigenvalue weighted by atomic mass is 9.93. The van der Waals surface area contributed by atoms with Crippen LogP contribution in [0.4, 0.5) is 0 Å². The highest BCUT2D eigenvalue weighted by Gasteiger charge is 2.22. The standard InChI is InChI=1S/C22H28ClN3O3/c1-12-8-20(27)19(14(3)26-12)11-25-22(28)18-9-15(23)10-21(13(18)2)29-17-6-4-16(24)5-7-17/h8-10,16-17H,4-7,11,24H2,1-3H3,(H,25,28)(H,26,27)/t16-,17-. The van der Waals surface area contributed by atoms with Crippen molar-refractivity contribution in [2.45, 2.75) is 65.1 Å². The topological polar surface area (TPSA) is 97.2 Å². The molecule has 2 aromatic rings. The molecule has 4 N–H and O–H groups in total. The Bertz CT molecular complexity index is 963. The smallest absolute Gasteiger partial charge is 0.252 e. The van der Waals surface area contributed by atoms with Crippen LogP contribution in [0.15, 0.2) is 23.0 Å². The molecule has 0 atom stereocenters. The van der Waals surface area contributed by atoms with Gasteiger partial charge in [0, 0.05) is 51.8 Å². The number of H-pyrrole nitrogens is 1. The summed E-state index contributed by atoms with van der Waals surface area (Å²) in [5, 5.41) is 3.27. The van der Waals surface area contributed by atoms with Gasteiger partial charge in [-0.15, -0.1) is 0 Å². The quantitative estimate of drug-likeness (QED) is 0.693. The third-order valence-electron chi connectivity index (χ3n) is 5.49. The minimum Gasteiger partial charge on any atom is -0.490 e. The number of amides is 1. The predicted molar refractivity (Wildman–Crippen MR) is 115 cm³/mol. The molecule has 0 spiro atoms. The van der Waals surface area contributed by atoms with E-state index in [-0.39, 0.29) is 30.0 Å². The minimum absolute atomic E-state index is 0.0802. The maximum atomic E-state index is 12.8. The van der Waals surface area contributed by atoms with Crippen LogP contribution in [0, 0.1) is 20.8 Å². The summed E-state index contributed by atoms with van der Waals surface area (Å²) in [5.74, 6) is 0.326. The Balaban J connectivity index is 1.75. The Hall–Kier alpha value is -2.31. The second-order valence-corrected chi connectivity index (χ2v) is 8.27. The van der Waals surface area contributed by atoms with Crippen molar-refractivity contribution >= 4 is 17.5 Å². The van der Waals surface area contributed by atoms with Crippen LogP contribution in [0.25, 0.3) is 0 Å². The van der Waals surface area contributed by atoms with E-state index in [2.05, 4.69) is 10.3 Å². The molecule has 1 heterocycles. The van der Waals surface area contributed by atoms with E-state index in [1.165, 1.54) is 6.07 Å². The number of carbonyl (C=O) groups is 1. The Morgan fingerprint density at radius 1 is 1.21 bits per heavy atom. The third-order valence-corrected chi connectivity index (χ3v) is 5.71. The first-order chi connectivity index (χ1) is 13.7. The average molecular weight is 418 g/mol. The number of nitrogens with two attached hydrogens (primary N) is 1. The molecule has 0 saturated heterocycles. The van der Waals surface area contributed by atoms with Crippen LogP contribution in [0.1, 0.15) is 58.6 Å². The number of carbonyl (C=O) groups excluding carboxylic acids is 1. The molecule has 1 fully saturated rings. The maximum Gasteiger partial charge on any atom is 0.252 e. The average Bonchev–Trinajstić information content (AvgIpc) is 2.65. The number of aromatic nitrogens is 1. The van der Waals surface area contributed by atoms with Crippen molar-refractivity contribution in [1.82, 2.24) is 10.3 Å². The zero-order valence-electron chi connectivity index (χ0n) is 17.1. The fourth-order valence-corrected chi connectivity index (χ4v) is 3.97. The summed E-state index contributed by atoms with van der Waals surface area (Å²) >= 11 is 6.26. The van der Waals surface area contributed by atoms with Gasteiger partial charge in [0.05, 0.1) is 6.10 Å². The Morgan fingerprint density at radius 3 is 2.55 bits per heavy atom. The molecular weight excluding hydrogens is 390 g/mol. The number of halogens is 1. The lowest BCUT2D eigenvalue weighted by Crippen LogP contribution is -2.32. The van der Waals surface area contributed by atoms with Gasteiger partial charge in [-0.3, -0.25) is 9.59 Å². The van der Waals surface area contributed by atoms with Crippen molar-refractivity contribution in [2.24, 2.45) is 5.73 Å². The number of benzene rings is 1. The fraction of sp³-hybridized carbons (Fsp3) is 0.455. The molecule has 0 aliphatic heterocycles. The van der Waals surface area contributed by atoms with Gasteiger partial charge in [0.2, 0.25) is 0 Å². The zero-order chi connectivity index (χ0) is 21.1. The van der Waals surface area contributed by atoms with E-state index in [0.717, 1.165) is 42.6 Å². The molecule has 1 amide bonds. The number of hydrogen-bond donors (Lipinski definition) is 3. The van der Waals surface area contributed by atoms with E-state index in [9.17, 15) is 9.59 Å². The Labute approximate surface area is 175 Å². The highest BCUT2D eigenvalue weighted by atomic mass is 35.5. The first-order valence-electron chi connectivity index (χ1n) is 9.94. The normalized spacial score (nSPS) is 19.1. The molecule has 3 rings (SSSR count). The molecular formula is C22H28ClN3O3. The fourth-order valence-electron chi connectivity index (χ4n) is 3.76. The summed E-state index contributed by atoms with van der Waals surface area (Å²) in [7, 11) is 0. The molecule has 0 unspecified atom stereocenters. The van der Waals surface area contributed by atoms with Gasteiger partial charge in [-0.05, 0) is 58.6 Å². The van der Waals surface area contributed by atoms with Crippen molar-refractivity contribution in [3.63, 3.8) is 0 Å². The van der Waals surface area contributed by atoms with Gasteiger partial charge >= 0.3 is 0 Å². The molecule has 1 aliphatic rings. The highest BCUT2D eigenvalue weighted by Crippen LogP contribution is 2.30. The van der Waals surface area contributed by atoms with Gasteiger partial charge in [-0.1, -0.05) is 11.6 Å². The van der Waals surface area contributed by atoms with Crippen LogP contribution in [-0.4, -0.2) is 23.0 Å². The van der Waals surface area contributed by atoms with Gasteiger partial charge in [0.15, 0.2) is 5.43 Å². The van der Waals surface area contributed by atoms with E-state index in [1.807, 2.05) is 20.8 Å². The van der Waals surface area contributed by atoms with Crippen LogP contribution < -0.4 is 21.2 Å². The first kappa shape index (κ1) is 21.4. The van der Waals surface area contributed by atoms with Crippen molar-refractivity contribution in [3.8, 4) is 5.75 Å². The number of hydrogen-bond acceptors (Lipinski definition) is 4. The maximum absolute atomic E-state index is 12.8. The van der Waals surface area contributed by atoms with E-state index in [0.29, 0.717) is 21.9 Å². The summed E-state index contributed by atoms with van der Waals surface area (Å²) in [6, 6.07) is 5.14. The van der Waals surface area contributed by atoms with Gasteiger partial charge in [-0.25, -0.2) is 0 Å². The van der Waals surface area contributed by atoms with Gasteiger partial charge < -0.3 is 20.8 Å². The largest absolute Gasteiger partial charge is 0.490 e.